The summed E-state index contributed by atoms with van der Waals surface area (Å²) >= 11 is 3.38. The number of hydrogen-bond donors (Lipinski definition) is 0. The Balaban J connectivity index is 3.33. The highest BCUT2D eigenvalue weighted by Gasteiger charge is 2.24. The molecule has 0 aromatic rings. The monoisotopic (exact) mass is 212 g/mol. The molecule has 0 heterocycles. The van der Waals surface area contributed by atoms with Crippen LogP contribution in [0.25, 0.3) is 0 Å². The maximum absolute atomic E-state index is 5.36. The highest BCUT2D eigenvalue weighted by Crippen LogP contribution is 2.13. The van der Waals surface area contributed by atoms with Crippen LogP contribution in [0.2, 0.25) is 6.55 Å². The number of hydrogen-bond acceptors (Lipinski definition) is 2. The summed E-state index contributed by atoms with van der Waals surface area (Å²) in [7, 11) is -0.222. The predicted octanol–water partition coefficient (Wildman–Crippen LogP) is 2.02. The maximum Gasteiger partial charge on any atom is 0.410 e. The van der Waals surface area contributed by atoms with Crippen LogP contribution in [-0.2, 0) is 8.85 Å². The van der Waals surface area contributed by atoms with Gasteiger partial charge in [0.15, 0.2) is 0 Å². The molecule has 0 saturated carbocycles. The van der Waals surface area contributed by atoms with Crippen molar-refractivity contribution < 1.29 is 8.85 Å². The minimum Gasteiger partial charge on any atom is -0.390 e. The van der Waals surface area contributed by atoms with E-state index in [1.807, 2.05) is 6.55 Å². The lowest BCUT2D eigenvalue weighted by molar-refractivity contribution is 0.229. The van der Waals surface area contributed by atoms with Gasteiger partial charge in [-0.15, -0.1) is 0 Å². The molecule has 1 unspecified atom stereocenters. The van der Waals surface area contributed by atoms with Crippen LogP contribution in [0.1, 0.15) is 13.3 Å². The highest BCUT2D eigenvalue weighted by molar-refractivity contribution is 9.25. The van der Waals surface area contributed by atoms with E-state index in [0.29, 0.717) is 0 Å². The van der Waals surface area contributed by atoms with Gasteiger partial charge >= 0.3 is 7.18 Å². The minimum absolute atomic E-state index is 0.780. The zero-order valence-electron chi connectivity index (χ0n) is 6.11. The van der Waals surface area contributed by atoms with Crippen molar-refractivity contribution in [2.24, 2.45) is 0 Å². The van der Waals surface area contributed by atoms with Crippen molar-refractivity contribution >= 4 is 22.5 Å². The first-order valence-electron chi connectivity index (χ1n) is 3.00. The summed E-state index contributed by atoms with van der Waals surface area (Å²) in [6.07, 6.45) is 1.04. The molecule has 2 nitrogen and oxygen atoms in total. The maximum atomic E-state index is 5.36. The number of rotatable bonds is 4. The fraction of sp³-hybridized carbons (Fsp3) is 1.00. The van der Waals surface area contributed by atoms with Gasteiger partial charge in [-0.3, -0.25) is 0 Å². The van der Waals surface area contributed by atoms with Crippen LogP contribution >= 0.6 is 15.3 Å². The van der Waals surface area contributed by atoms with E-state index in [0.717, 1.165) is 13.0 Å². The Morgan fingerprint density at radius 1 is 1.56 bits per heavy atom. The van der Waals surface area contributed by atoms with Gasteiger partial charge in [-0.1, -0.05) is 22.2 Å². The first-order valence-corrected chi connectivity index (χ1v) is 7.57. The predicted molar refractivity (Wildman–Crippen MR) is 43.8 cm³/mol. The molecule has 0 amide bonds. The Kier molecular flexibility index (Phi) is 4.74. The summed E-state index contributed by atoms with van der Waals surface area (Å²) < 4.78 is 10.4. The van der Waals surface area contributed by atoms with Crippen LogP contribution in [0, 0.1) is 0 Å². The third-order valence-electron chi connectivity index (χ3n) is 0.929. The largest absolute Gasteiger partial charge is 0.410 e. The standard InChI is InChI=1S/C5H13BrO2Si/c1-4-5-8-9(3,6)7-2/h4-5H2,1-3H3. The molecule has 0 aliphatic carbocycles. The Morgan fingerprint density at radius 2 is 2.11 bits per heavy atom. The molecule has 0 spiro atoms. The Hall–Kier alpha value is 0.617. The second-order valence-electron chi connectivity index (χ2n) is 1.89. The quantitative estimate of drug-likeness (QED) is 0.525. The van der Waals surface area contributed by atoms with Crippen molar-refractivity contribution in [3.05, 3.63) is 0 Å². The van der Waals surface area contributed by atoms with Gasteiger partial charge in [-0.05, 0) is 13.0 Å². The minimum atomic E-state index is -1.89. The third kappa shape index (κ3) is 5.08. The fourth-order valence-electron chi connectivity index (χ4n) is 0.343. The van der Waals surface area contributed by atoms with Crippen LogP contribution in [0.3, 0.4) is 0 Å². The summed E-state index contributed by atoms with van der Waals surface area (Å²) in [6, 6.07) is 0. The summed E-state index contributed by atoms with van der Waals surface area (Å²) in [5.41, 5.74) is 0. The zero-order valence-corrected chi connectivity index (χ0v) is 8.69. The first-order chi connectivity index (χ1) is 4.12. The van der Waals surface area contributed by atoms with E-state index in [-0.39, 0.29) is 0 Å². The van der Waals surface area contributed by atoms with E-state index in [9.17, 15) is 0 Å². The van der Waals surface area contributed by atoms with Crippen LogP contribution in [-0.4, -0.2) is 20.9 Å². The Bertz CT molecular complexity index is 77.4. The van der Waals surface area contributed by atoms with E-state index in [4.69, 9.17) is 8.85 Å². The molecule has 0 bridgehead atoms. The summed E-state index contributed by atoms with van der Waals surface area (Å²) in [6.45, 7) is 4.82. The number of halogens is 1. The van der Waals surface area contributed by atoms with E-state index in [2.05, 4.69) is 22.2 Å². The zero-order chi connectivity index (χ0) is 7.33. The molecule has 0 aromatic carbocycles. The molecule has 0 N–H and O–H groups in total. The molecule has 1 atom stereocenters. The van der Waals surface area contributed by atoms with Gasteiger partial charge in [0.05, 0.1) is 0 Å². The van der Waals surface area contributed by atoms with Gasteiger partial charge in [0.2, 0.25) is 0 Å². The lowest BCUT2D eigenvalue weighted by atomic mass is 10.5. The second-order valence-corrected chi connectivity index (χ2v) is 8.58. The molecule has 0 aliphatic rings. The van der Waals surface area contributed by atoms with Crippen molar-refractivity contribution in [1.82, 2.24) is 0 Å². The van der Waals surface area contributed by atoms with Gasteiger partial charge in [0, 0.05) is 13.7 Å². The fourth-order valence-corrected chi connectivity index (χ4v) is 1.52. The summed E-state index contributed by atoms with van der Waals surface area (Å²) in [5.74, 6) is 0. The molecule has 0 fully saturated rings. The van der Waals surface area contributed by atoms with Crippen molar-refractivity contribution in [3.8, 4) is 0 Å². The molecular formula is C5H13BrO2Si. The van der Waals surface area contributed by atoms with Gasteiger partial charge in [-0.2, -0.15) is 0 Å². The second kappa shape index (κ2) is 4.44. The molecule has 0 aromatic heterocycles. The smallest absolute Gasteiger partial charge is 0.390 e. The van der Waals surface area contributed by atoms with E-state index in [1.165, 1.54) is 0 Å². The van der Waals surface area contributed by atoms with Gasteiger partial charge in [-0.25, -0.2) is 0 Å². The third-order valence-corrected chi connectivity index (χ3v) is 4.04. The van der Waals surface area contributed by atoms with Crippen LogP contribution in [0.4, 0.5) is 0 Å². The van der Waals surface area contributed by atoms with Crippen LogP contribution in [0.15, 0.2) is 0 Å². The molecule has 56 valence electrons. The summed E-state index contributed by atoms with van der Waals surface area (Å²) in [5, 5.41) is 0. The van der Waals surface area contributed by atoms with E-state index >= 15 is 0 Å². The normalized spacial score (nSPS) is 17.3. The van der Waals surface area contributed by atoms with Gasteiger partial charge < -0.3 is 8.85 Å². The molecule has 0 aliphatic heterocycles. The first kappa shape index (κ1) is 9.62. The molecular weight excluding hydrogens is 200 g/mol. The van der Waals surface area contributed by atoms with Crippen molar-refractivity contribution in [3.63, 3.8) is 0 Å². The van der Waals surface area contributed by atoms with Crippen molar-refractivity contribution in [2.75, 3.05) is 13.7 Å². The molecule has 0 saturated heterocycles. The molecule has 0 rings (SSSR count). The van der Waals surface area contributed by atoms with E-state index in [1.54, 1.807) is 7.11 Å². The lowest BCUT2D eigenvalue weighted by Gasteiger charge is -2.16. The van der Waals surface area contributed by atoms with Gasteiger partial charge in [0.25, 0.3) is 0 Å². The Labute approximate surface area is 65.4 Å². The van der Waals surface area contributed by atoms with Crippen molar-refractivity contribution in [2.45, 2.75) is 19.9 Å². The lowest BCUT2D eigenvalue weighted by Crippen LogP contribution is -2.29. The van der Waals surface area contributed by atoms with Crippen molar-refractivity contribution in [1.29, 1.82) is 0 Å². The summed E-state index contributed by atoms with van der Waals surface area (Å²) in [4.78, 5) is 0. The molecule has 4 heteroatoms. The highest BCUT2D eigenvalue weighted by atomic mass is 79.9. The average molecular weight is 213 g/mol. The topological polar surface area (TPSA) is 18.5 Å². The van der Waals surface area contributed by atoms with Crippen LogP contribution in [0.5, 0.6) is 0 Å². The Morgan fingerprint density at radius 3 is 2.44 bits per heavy atom. The van der Waals surface area contributed by atoms with E-state index < -0.39 is 7.18 Å². The van der Waals surface area contributed by atoms with Crippen LogP contribution < -0.4 is 0 Å². The SMILES string of the molecule is CCCO[Si](C)(Br)OC. The average Bonchev–Trinajstić information content (AvgIpc) is 1.84. The molecule has 9 heavy (non-hydrogen) atoms. The molecule has 0 radical (unpaired) electrons. The van der Waals surface area contributed by atoms with Gasteiger partial charge in [0.1, 0.15) is 0 Å².